The second-order valence-electron chi connectivity index (χ2n) is 6.66. The van der Waals surface area contributed by atoms with Crippen molar-refractivity contribution in [3.05, 3.63) is 23.9 Å². The summed E-state index contributed by atoms with van der Waals surface area (Å²) in [5.74, 6) is 1.81. The Balaban J connectivity index is 2.06. The highest BCUT2D eigenvalue weighted by Crippen LogP contribution is 2.34. The van der Waals surface area contributed by atoms with E-state index in [0.29, 0.717) is 5.41 Å². The molecule has 3 heteroatoms. The number of nitrogens with zero attached hydrogens (tertiary/aromatic N) is 2. The van der Waals surface area contributed by atoms with Gasteiger partial charge in [0.1, 0.15) is 5.82 Å². The van der Waals surface area contributed by atoms with Crippen molar-refractivity contribution < 1.29 is 5.11 Å². The van der Waals surface area contributed by atoms with Crippen LogP contribution in [0.5, 0.6) is 0 Å². The van der Waals surface area contributed by atoms with E-state index in [1.807, 2.05) is 12.1 Å². The predicted octanol–water partition coefficient (Wildman–Crippen LogP) is 3.23. The molecule has 0 aliphatic carbocycles. The van der Waals surface area contributed by atoms with Gasteiger partial charge in [0.05, 0.1) is 6.61 Å². The number of aliphatic hydroxyl groups excluding tert-OH is 1. The van der Waals surface area contributed by atoms with E-state index in [4.69, 9.17) is 0 Å². The van der Waals surface area contributed by atoms with Gasteiger partial charge in [-0.25, -0.2) is 4.98 Å². The van der Waals surface area contributed by atoms with Crippen LogP contribution in [0.3, 0.4) is 0 Å². The molecule has 0 bridgehead atoms. The first-order valence-electron chi connectivity index (χ1n) is 7.31. The van der Waals surface area contributed by atoms with Crippen LogP contribution in [0.4, 0.5) is 5.82 Å². The van der Waals surface area contributed by atoms with Gasteiger partial charge in [-0.1, -0.05) is 20.8 Å². The quantitative estimate of drug-likeness (QED) is 0.889. The number of anilines is 1. The van der Waals surface area contributed by atoms with Crippen LogP contribution in [0.2, 0.25) is 0 Å². The van der Waals surface area contributed by atoms with Crippen LogP contribution in [0.25, 0.3) is 0 Å². The first kappa shape index (κ1) is 14.3. The van der Waals surface area contributed by atoms with E-state index in [9.17, 15) is 5.11 Å². The van der Waals surface area contributed by atoms with Gasteiger partial charge in [0.15, 0.2) is 0 Å². The molecule has 3 nitrogen and oxygen atoms in total. The Bertz CT molecular complexity index is 411. The van der Waals surface area contributed by atoms with Crippen molar-refractivity contribution in [1.82, 2.24) is 4.98 Å². The summed E-state index contributed by atoms with van der Waals surface area (Å²) in [5, 5.41) is 9.22. The van der Waals surface area contributed by atoms with Crippen molar-refractivity contribution in [3.8, 4) is 0 Å². The Hall–Kier alpha value is -1.09. The lowest BCUT2D eigenvalue weighted by molar-refractivity contribution is 0.220. The zero-order chi connectivity index (χ0) is 13.9. The third-order valence-corrected chi connectivity index (χ3v) is 4.27. The molecule has 1 N–H and O–H groups in total. The fraction of sp³-hybridized carbons (Fsp3) is 0.688. The molecule has 0 aromatic carbocycles. The normalized spacial score (nSPS) is 21.3. The van der Waals surface area contributed by atoms with Crippen molar-refractivity contribution >= 4 is 5.82 Å². The minimum Gasteiger partial charge on any atom is -0.392 e. The van der Waals surface area contributed by atoms with E-state index in [2.05, 4.69) is 30.7 Å². The van der Waals surface area contributed by atoms with Crippen LogP contribution in [0.15, 0.2) is 18.3 Å². The number of aliphatic hydroxyl groups is 1. The maximum Gasteiger partial charge on any atom is 0.128 e. The maximum atomic E-state index is 9.22. The molecule has 0 saturated carbocycles. The highest BCUT2D eigenvalue weighted by atomic mass is 16.3. The van der Waals surface area contributed by atoms with Gasteiger partial charge < -0.3 is 10.0 Å². The Morgan fingerprint density at radius 1 is 1.32 bits per heavy atom. The van der Waals surface area contributed by atoms with Crippen LogP contribution in [0.1, 0.15) is 45.6 Å². The van der Waals surface area contributed by atoms with Gasteiger partial charge in [-0.3, -0.25) is 0 Å². The monoisotopic (exact) mass is 262 g/mol. The first-order valence-corrected chi connectivity index (χ1v) is 7.31. The molecule has 0 amide bonds. The van der Waals surface area contributed by atoms with Crippen molar-refractivity contribution in [3.63, 3.8) is 0 Å². The number of aromatic nitrogens is 1. The summed E-state index contributed by atoms with van der Waals surface area (Å²) in [4.78, 5) is 6.82. The van der Waals surface area contributed by atoms with Crippen molar-refractivity contribution in [2.45, 2.75) is 46.6 Å². The number of rotatable bonds is 2. The molecular formula is C16H26N2O. The molecule has 0 spiro atoms. The van der Waals surface area contributed by atoms with Crippen LogP contribution < -0.4 is 4.90 Å². The number of hydrogen-bond donors (Lipinski definition) is 1. The lowest BCUT2D eigenvalue weighted by Crippen LogP contribution is -2.26. The predicted molar refractivity (Wildman–Crippen MR) is 79.2 cm³/mol. The summed E-state index contributed by atoms with van der Waals surface area (Å²) < 4.78 is 0. The molecule has 1 aliphatic rings. The van der Waals surface area contributed by atoms with Gasteiger partial charge in [-0.15, -0.1) is 0 Å². The third kappa shape index (κ3) is 3.69. The maximum absolute atomic E-state index is 9.22. The highest BCUT2D eigenvalue weighted by molar-refractivity contribution is 5.40. The Morgan fingerprint density at radius 2 is 2.11 bits per heavy atom. The minimum absolute atomic E-state index is 0.0912. The molecule has 19 heavy (non-hydrogen) atoms. The zero-order valence-electron chi connectivity index (χ0n) is 12.4. The van der Waals surface area contributed by atoms with E-state index >= 15 is 0 Å². The number of hydrogen-bond acceptors (Lipinski definition) is 3. The molecule has 2 rings (SSSR count). The summed E-state index contributed by atoms with van der Waals surface area (Å²) in [6.07, 6.45) is 5.56. The van der Waals surface area contributed by atoms with Gasteiger partial charge in [-0.05, 0) is 48.3 Å². The van der Waals surface area contributed by atoms with Gasteiger partial charge in [0, 0.05) is 19.3 Å². The average molecular weight is 262 g/mol. The lowest BCUT2D eigenvalue weighted by atomic mass is 9.77. The van der Waals surface area contributed by atoms with Crippen LogP contribution in [-0.4, -0.2) is 23.2 Å². The van der Waals surface area contributed by atoms with Gasteiger partial charge in [0.25, 0.3) is 0 Å². The average Bonchev–Trinajstić information content (AvgIpc) is 2.64. The number of pyridine rings is 1. The van der Waals surface area contributed by atoms with E-state index < -0.39 is 0 Å². The van der Waals surface area contributed by atoms with E-state index in [-0.39, 0.29) is 6.61 Å². The molecule has 1 aromatic rings. The molecule has 0 radical (unpaired) electrons. The molecule has 2 heterocycles. The molecule has 1 saturated heterocycles. The zero-order valence-corrected chi connectivity index (χ0v) is 12.4. The fourth-order valence-electron chi connectivity index (χ4n) is 2.92. The third-order valence-electron chi connectivity index (χ3n) is 4.27. The lowest BCUT2D eigenvalue weighted by Gasteiger charge is -2.30. The second kappa shape index (κ2) is 5.91. The minimum atomic E-state index is 0.0912. The molecular weight excluding hydrogens is 236 g/mol. The summed E-state index contributed by atoms with van der Waals surface area (Å²) in [7, 11) is 0. The molecule has 106 valence electrons. The summed E-state index contributed by atoms with van der Waals surface area (Å²) in [5.41, 5.74) is 1.35. The standard InChI is InChI=1S/C16H26N2O/c1-16(2,3)14-5-4-9-18(10-7-14)15-11-13(12-19)6-8-17-15/h6,8,11,14,19H,4-5,7,9-10,12H2,1-3H3. The van der Waals surface area contributed by atoms with Crippen LogP contribution in [-0.2, 0) is 6.61 Å². The molecule has 1 fully saturated rings. The SMILES string of the molecule is CC(C)(C)C1CCCN(c2cc(CO)ccn2)CC1. The van der Waals surface area contributed by atoms with E-state index in [0.717, 1.165) is 30.4 Å². The van der Waals surface area contributed by atoms with Crippen molar-refractivity contribution in [1.29, 1.82) is 0 Å². The van der Waals surface area contributed by atoms with Crippen LogP contribution >= 0.6 is 0 Å². The van der Waals surface area contributed by atoms with E-state index in [1.165, 1.54) is 19.3 Å². The van der Waals surface area contributed by atoms with Crippen molar-refractivity contribution in [2.24, 2.45) is 11.3 Å². The Labute approximate surface area is 116 Å². The Kier molecular flexibility index (Phi) is 4.46. The van der Waals surface area contributed by atoms with Gasteiger partial charge in [-0.2, -0.15) is 0 Å². The smallest absolute Gasteiger partial charge is 0.128 e. The molecule has 1 unspecified atom stereocenters. The van der Waals surface area contributed by atoms with Gasteiger partial charge in [0.2, 0.25) is 0 Å². The largest absolute Gasteiger partial charge is 0.392 e. The second-order valence-corrected chi connectivity index (χ2v) is 6.66. The van der Waals surface area contributed by atoms with E-state index in [1.54, 1.807) is 6.20 Å². The molecule has 1 aromatic heterocycles. The highest BCUT2D eigenvalue weighted by Gasteiger charge is 2.27. The molecule has 1 atom stereocenters. The molecule has 1 aliphatic heterocycles. The summed E-state index contributed by atoms with van der Waals surface area (Å²) in [6, 6.07) is 3.89. The Morgan fingerprint density at radius 3 is 2.79 bits per heavy atom. The topological polar surface area (TPSA) is 36.4 Å². The summed E-state index contributed by atoms with van der Waals surface area (Å²) >= 11 is 0. The fourth-order valence-corrected chi connectivity index (χ4v) is 2.92. The summed E-state index contributed by atoms with van der Waals surface area (Å²) in [6.45, 7) is 9.28. The van der Waals surface area contributed by atoms with Crippen molar-refractivity contribution in [2.75, 3.05) is 18.0 Å². The van der Waals surface area contributed by atoms with Crippen LogP contribution in [0, 0.1) is 11.3 Å². The van der Waals surface area contributed by atoms with Gasteiger partial charge >= 0.3 is 0 Å². The first-order chi connectivity index (χ1) is 9.00.